The van der Waals surface area contributed by atoms with Crippen molar-refractivity contribution in [2.75, 3.05) is 45.1 Å². The lowest BCUT2D eigenvalue weighted by Crippen LogP contribution is -2.27. The summed E-state index contributed by atoms with van der Waals surface area (Å²) in [6.07, 6.45) is 1.55. The van der Waals surface area contributed by atoms with Gasteiger partial charge < -0.3 is 20.1 Å². The van der Waals surface area contributed by atoms with Crippen molar-refractivity contribution >= 4 is 11.6 Å². The van der Waals surface area contributed by atoms with E-state index in [4.69, 9.17) is 9.47 Å². The summed E-state index contributed by atoms with van der Waals surface area (Å²) < 4.78 is 10.4. The molecule has 0 spiro atoms. The summed E-state index contributed by atoms with van der Waals surface area (Å²) in [5.74, 6) is 2.02. The minimum absolute atomic E-state index is 0.00184. The van der Waals surface area contributed by atoms with E-state index in [0.717, 1.165) is 17.2 Å². The Morgan fingerprint density at radius 3 is 2.42 bits per heavy atom. The van der Waals surface area contributed by atoms with Crippen LogP contribution in [-0.2, 0) is 9.47 Å². The van der Waals surface area contributed by atoms with Gasteiger partial charge in [0, 0.05) is 33.4 Å². The monoisotopic (exact) mass is 268 g/mol. The van der Waals surface area contributed by atoms with Crippen molar-refractivity contribution in [1.82, 2.24) is 9.97 Å². The number of methoxy groups -OCH3 is 2. The predicted molar refractivity (Wildman–Crippen MR) is 76.8 cm³/mol. The van der Waals surface area contributed by atoms with Crippen molar-refractivity contribution < 1.29 is 9.47 Å². The molecule has 0 aromatic carbocycles. The van der Waals surface area contributed by atoms with Crippen LogP contribution in [0.15, 0.2) is 6.33 Å². The Morgan fingerprint density at radius 1 is 1.21 bits per heavy atom. The standard InChI is InChI=1S/C13H24N4O2/c1-9(2)11-12(14-3)16-8-17-13(11)15-6-10(19-5)7-18-4/h8-10H,6-7H2,1-5H3,(H2,14,15,16,17). The molecule has 0 aliphatic carbocycles. The lowest BCUT2D eigenvalue weighted by atomic mass is 10.0. The van der Waals surface area contributed by atoms with E-state index >= 15 is 0 Å². The van der Waals surface area contributed by atoms with Gasteiger partial charge in [0.05, 0.1) is 12.7 Å². The van der Waals surface area contributed by atoms with Gasteiger partial charge in [-0.25, -0.2) is 9.97 Å². The van der Waals surface area contributed by atoms with Crippen LogP contribution in [0.3, 0.4) is 0 Å². The molecule has 0 aliphatic heterocycles. The summed E-state index contributed by atoms with van der Waals surface area (Å²) in [7, 11) is 5.20. The predicted octanol–water partition coefficient (Wildman–Crippen LogP) is 1.71. The highest BCUT2D eigenvalue weighted by molar-refractivity contribution is 5.58. The first-order chi connectivity index (χ1) is 9.13. The van der Waals surface area contributed by atoms with E-state index in [9.17, 15) is 0 Å². The van der Waals surface area contributed by atoms with Gasteiger partial charge in [-0.3, -0.25) is 0 Å². The van der Waals surface area contributed by atoms with Crippen LogP contribution in [0, 0.1) is 0 Å². The van der Waals surface area contributed by atoms with Crippen molar-refractivity contribution in [2.45, 2.75) is 25.9 Å². The van der Waals surface area contributed by atoms with E-state index < -0.39 is 0 Å². The number of nitrogens with one attached hydrogen (secondary N) is 2. The SMILES string of the molecule is CNc1ncnc(NCC(COC)OC)c1C(C)C. The first-order valence-electron chi connectivity index (χ1n) is 6.42. The molecule has 1 unspecified atom stereocenters. The average Bonchev–Trinajstić information content (AvgIpc) is 2.42. The molecule has 0 saturated carbocycles. The lowest BCUT2D eigenvalue weighted by molar-refractivity contribution is 0.0365. The topological polar surface area (TPSA) is 68.3 Å². The quantitative estimate of drug-likeness (QED) is 0.748. The Bertz CT molecular complexity index is 385. The Hall–Kier alpha value is -1.40. The summed E-state index contributed by atoms with van der Waals surface area (Å²) >= 11 is 0. The van der Waals surface area contributed by atoms with Crippen molar-refractivity contribution in [3.8, 4) is 0 Å². The van der Waals surface area contributed by atoms with Crippen LogP contribution in [0.4, 0.5) is 11.6 Å². The number of aromatic nitrogens is 2. The van der Waals surface area contributed by atoms with Gasteiger partial charge in [0.2, 0.25) is 0 Å². The van der Waals surface area contributed by atoms with Crippen molar-refractivity contribution in [2.24, 2.45) is 0 Å². The zero-order chi connectivity index (χ0) is 14.3. The van der Waals surface area contributed by atoms with Crippen molar-refractivity contribution in [3.05, 3.63) is 11.9 Å². The van der Waals surface area contributed by atoms with Gasteiger partial charge in [0.15, 0.2) is 0 Å². The molecule has 0 radical (unpaired) electrons. The molecule has 0 bridgehead atoms. The van der Waals surface area contributed by atoms with E-state index in [2.05, 4.69) is 34.4 Å². The summed E-state index contributed by atoms with van der Waals surface area (Å²) in [5.41, 5.74) is 1.08. The number of hydrogen-bond acceptors (Lipinski definition) is 6. The first-order valence-corrected chi connectivity index (χ1v) is 6.42. The molecule has 108 valence electrons. The van der Waals surface area contributed by atoms with E-state index in [0.29, 0.717) is 19.1 Å². The summed E-state index contributed by atoms with van der Waals surface area (Å²) in [6.45, 7) is 5.43. The molecule has 1 aromatic rings. The second-order valence-electron chi connectivity index (χ2n) is 4.58. The van der Waals surface area contributed by atoms with E-state index in [-0.39, 0.29) is 6.10 Å². The third-order valence-electron chi connectivity index (χ3n) is 2.88. The zero-order valence-corrected chi connectivity index (χ0v) is 12.4. The fourth-order valence-corrected chi connectivity index (χ4v) is 1.89. The second kappa shape index (κ2) is 7.91. The molecule has 1 atom stereocenters. The summed E-state index contributed by atoms with van der Waals surface area (Å²) in [6, 6.07) is 0. The van der Waals surface area contributed by atoms with Gasteiger partial charge in [-0.2, -0.15) is 0 Å². The largest absolute Gasteiger partial charge is 0.382 e. The minimum Gasteiger partial charge on any atom is -0.382 e. The van der Waals surface area contributed by atoms with Crippen molar-refractivity contribution in [3.63, 3.8) is 0 Å². The fourth-order valence-electron chi connectivity index (χ4n) is 1.89. The molecule has 6 nitrogen and oxygen atoms in total. The van der Waals surface area contributed by atoms with E-state index in [1.54, 1.807) is 20.5 Å². The van der Waals surface area contributed by atoms with Gasteiger partial charge in [-0.1, -0.05) is 13.8 Å². The molecule has 0 fully saturated rings. The first kappa shape index (κ1) is 15.7. The van der Waals surface area contributed by atoms with Gasteiger partial charge in [0.1, 0.15) is 18.0 Å². The molecular formula is C13H24N4O2. The smallest absolute Gasteiger partial charge is 0.135 e. The third-order valence-corrected chi connectivity index (χ3v) is 2.88. The number of anilines is 2. The van der Waals surface area contributed by atoms with Gasteiger partial charge in [0.25, 0.3) is 0 Å². The lowest BCUT2D eigenvalue weighted by Gasteiger charge is -2.19. The normalized spacial score (nSPS) is 12.5. The average molecular weight is 268 g/mol. The highest BCUT2D eigenvalue weighted by Crippen LogP contribution is 2.27. The molecule has 2 N–H and O–H groups in total. The zero-order valence-electron chi connectivity index (χ0n) is 12.4. The molecule has 19 heavy (non-hydrogen) atoms. The van der Waals surface area contributed by atoms with E-state index in [1.807, 2.05) is 7.05 Å². The van der Waals surface area contributed by atoms with Gasteiger partial charge >= 0.3 is 0 Å². The van der Waals surface area contributed by atoms with Gasteiger partial charge in [-0.05, 0) is 5.92 Å². The number of ether oxygens (including phenoxy) is 2. The Labute approximate surface area is 114 Å². The minimum atomic E-state index is -0.00184. The Kier molecular flexibility index (Phi) is 6.52. The Balaban J connectivity index is 2.82. The van der Waals surface area contributed by atoms with Crippen LogP contribution in [0.5, 0.6) is 0 Å². The molecule has 1 heterocycles. The number of hydrogen-bond donors (Lipinski definition) is 2. The second-order valence-corrected chi connectivity index (χ2v) is 4.58. The van der Waals surface area contributed by atoms with Crippen LogP contribution in [0.2, 0.25) is 0 Å². The third kappa shape index (κ3) is 4.33. The van der Waals surface area contributed by atoms with Crippen LogP contribution < -0.4 is 10.6 Å². The van der Waals surface area contributed by atoms with Gasteiger partial charge in [-0.15, -0.1) is 0 Å². The number of nitrogens with zero attached hydrogens (tertiary/aromatic N) is 2. The maximum absolute atomic E-state index is 5.32. The highest BCUT2D eigenvalue weighted by atomic mass is 16.5. The van der Waals surface area contributed by atoms with Crippen molar-refractivity contribution in [1.29, 1.82) is 0 Å². The molecule has 1 aromatic heterocycles. The Morgan fingerprint density at radius 2 is 1.89 bits per heavy atom. The molecule has 6 heteroatoms. The summed E-state index contributed by atoms with van der Waals surface area (Å²) in [4.78, 5) is 8.56. The molecule has 1 rings (SSSR count). The summed E-state index contributed by atoms with van der Waals surface area (Å²) in [5, 5.41) is 6.41. The van der Waals surface area contributed by atoms with Crippen LogP contribution in [0.1, 0.15) is 25.3 Å². The fraction of sp³-hybridized carbons (Fsp3) is 0.692. The molecule has 0 saturated heterocycles. The van der Waals surface area contributed by atoms with Crippen LogP contribution in [0.25, 0.3) is 0 Å². The molecule has 0 aliphatic rings. The van der Waals surface area contributed by atoms with Crippen LogP contribution in [-0.4, -0.2) is 50.5 Å². The number of rotatable bonds is 8. The maximum atomic E-state index is 5.32. The molecule has 0 amide bonds. The maximum Gasteiger partial charge on any atom is 0.135 e. The highest BCUT2D eigenvalue weighted by Gasteiger charge is 2.15. The molecular weight excluding hydrogens is 244 g/mol. The van der Waals surface area contributed by atoms with E-state index in [1.165, 1.54) is 0 Å². The van der Waals surface area contributed by atoms with Crippen LogP contribution >= 0.6 is 0 Å².